The Labute approximate surface area is 149 Å². The smallest absolute Gasteiger partial charge is 0.251 e. The largest absolute Gasteiger partial charge is 0.394 e. The van der Waals surface area contributed by atoms with E-state index in [2.05, 4.69) is 17.6 Å². The highest BCUT2D eigenvalue weighted by Gasteiger charge is 2.14. The summed E-state index contributed by atoms with van der Waals surface area (Å²) < 4.78 is 0. The molecule has 1 unspecified atom stereocenters. The molecule has 1 aliphatic carbocycles. The van der Waals surface area contributed by atoms with E-state index in [1.807, 2.05) is 6.92 Å². The number of aliphatic hydroxyl groups excluding tert-OH is 1. The van der Waals surface area contributed by atoms with Crippen molar-refractivity contribution in [2.24, 2.45) is 5.92 Å². The molecule has 0 aromatic heterocycles. The Balaban J connectivity index is 1.90. The number of anilines is 1. The van der Waals surface area contributed by atoms with Crippen LogP contribution in [0.1, 0.15) is 56.3 Å². The van der Waals surface area contributed by atoms with Gasteiger partial charge >= 0.3 is 0 Å². The van der Waals surface area contributed by atoms with E-state index in [1.54, 1.807) is 30.3 Å². The van der Waals surface area contributed by atoms with Gasteiger partial charge in [-0.15, -0.1) is 0 Å². The molecule has 3 N–H and O–H groups in total. The molecule has 5 heteroatoms. The maximum absolute atomic E-state index is 12.1. The van der Waals surface area contributed by atoms with Crippen LogP contribution in [0.2, 0.25) is 0 Å². The minimum atomic E-state index is -0.239. The lowest BCUT2D eigenvalue weighted by Crippen LogP contribution is -2.36. The van der Waals surface area contributed by atoms with Crippen LogP contribution >= 0.6 is 0 Å². The van der Waals surface area contributed by atoms with E-state index in [0.29, 0.717) is 17.7 Å². The predicted octanol–water partition coefficient (Wildman–Crippen LogP) is 3.26. The normalized spacial score (nSPS) is 18.4. The summed E-state index contributed by atoms with van der Waals surface area (Å²) in [4.78, 5) is 24.2. The molecule has 1 aromatic rings. The number of aliphatic hydroxyl groups is 1. The second kappa shape index (κ2) is 9.37. The van der Waals surface area contributed by atoms with Crippen molar-refractivity contribution >= 4 is 17.5 Å². The number of rotatable bonds is 6. The zero-order valence-corrected chi connectivity index (χ0v) is 15.0. The highest BCUT2D eigenvalue weighted by molar-refractivity contribution is 6.00. The molecule has 2 amide bonds. The molecule has 1 aromatic carbocycles. The van der Waals surface area contributed by atoms with Crippen molar-refractivity contribution < 1.29 is 14.7 Å². The fourth-order valence-corrected chi connectivity index (χ4v) is 2.89. The Morgan fingerprint density at radius 1 is 1.24 bits per heavy atom. The fraction of sp³-hybridized carbons (Fsp3) is 0.500. The zero-order valence-electron chi connectivity index (χ0n) is 15.0. The van der Waals surface area contributed by atoms with Crippen molar-refractivity contribution in [1.82, 2.24) is 5.32 Å². The lowest BCUT2D eigenvalue weighted by atomic mass is 9.87. The average molecular weight is 344 g/mol. The van der Waals surface area contributed by atoms with Crippen molar-refractivity contribution in [3.63, 3.8) is 0 Å². The third kappa shape index (κ3) is 6.02. The van der Waals surface area contributed by atoms with Crippen LogP contribution in [0.25, 0.3) is 0 Å². The van der Waals surface area contributed by atoms with Crippen molar-refractivity contribution in [1.29, 1.82) is 0 Å². The molecule has 0 aliphatic heterocycles. The standard InChI is InChI=1S/C20H28N2O3/c1-3-17(13-23)22-20(25)16-8-10-18(11-9-16)21-19(24)12-15-6-4-14(2)5-7-15/h8-12,14,17,23H,3-7,13H2,1-2H3,(H,21,24)(H,22,25). The lowest BCUT2D eigenvalue weighted by molar-refractivity contribution is -0.112. The van der Waals surface area contributed by atoms with E-state index in [1.165, 1.54) is 5.57 Å². The Kier molecular flexibility index (Phi) is 7.19. The maximum atomic E-state index is 12.1. The van der Waals surface area contributed by atoms with Gasteiger partial charge in [-0.1, -0.05) is 19.4 Å². The quantitative estimate of drug-likeness (QED) is 0.693. The van der Waals surface area contributed by atoms with Crippen LogP contribution in [-0.2, 0) is 4.79 Å². The number of amides is 2. The molecule has 5 nitrogen and oxygen atoms in total. The fourth-order valence-electron chi connectivity index (χ4n) is 2.89. The molecule has 1 fully saturated rings. The van der Waals surface area contributed by atoms with Crippen molar-refractivity contribution in [3.05, 3.63) is 41.5 Å². The highest BCUT2D eigenvalue weighted by atomic mass is 16.3. The molecule has 1 atom stereocenters. The topological polar surface area (TPSA) is 78.4 Å². The van der Waals surface area contributed by atoms with Gasteiger partial charge in [-0.3, -0.25) is 9.59 Å². The molecule has 1 saturated carbocycles. The predicted molar refractivity (Wildman–Crippen MR) is 99.4 cm³/mol. The molecule has 0 bridgehead atoms. The third-order valence-corrected chi connectivity index (χ3v) is 4.71. The number of carbonyl (C=O) groups excluding carboxylic acids is 2. The van der Waals surface area contributed by atoms with Gasteiger partial charge in [0.1, 0.15) is 0 Å². The average Bonchev–Trinajstić information content (AvgIpc) is 2.62. The number of carbonyl (C=O) groups is 2. The summed E-state index contributed by atoms with van der Waals surface area (Å²) in [6, 6.07) is 6.54. The molecule has 1 aliphatic rings. The van der Waals surface area contributed by atoms with Crippen molar-refractivity contribution in [2.75, 3.05) is 11.9 Å². The Bertz CT molecular complexity index is 608. The van der Waals surface area contributed by atoms with E-state index in [9.17, 15) is 9.59 Å². The van der Waals surface area contributed by atoms with Gasteiger partial charge in [0.05, 0.1) is 12.6 Å². The van der Waals surface area contributed by atoms with E-state index in [-0.39, 0.29) is 24.5 Å². The Morgan fingerprint density at radius 3 is 2.44 bits per heavy atom. The third-order valence-electron chi connectivity index (χ3n) is 4.71. The van der Waals surface area contributed by atoms with Crippen LogP contribution in [0.4, 0.5) is 5.69 Å². The lowest BCUT2D eigenvalue weighted by Gasteiger charge is -2.19. The van der Waals surface area contributed by atoms with E-state index in [0.717, 1.165) is 31.6 Å². The van der Waals surface area contributed by atoms with Crippen molar-refractivity contribution in [3.8, 4) is 0 Å². The van der Waals surface area contributed by atoms with Gasteiger partial charge < -0.3 is 15.7 Å². The molecule has 25 heavy (non-hydrogen) atoms. The summed E-state index contributed by atoms with van der Waals surface area (Å²) >= 11 is 0. The van der Waals surface area contributed by atoms with E-state index in [4.69, 9.17) is 5.11 Å². The first-order chi connectivity index (χ1) is 12.0. The zero-order chi connectivity index (χ0) is 18.2. The first kappa shape index (κ1) is 19.2. The summed E-state index contributed by atoms with van der Waals surface area (Å²) in [5.74, 6) is 0.405. The van der Waals surface area contributed by atoms with Gasteiger partial charge in [0.2, 0.25) is 5.91 Å². The van der Waals surface area contributed by atoms with Gasteiger partial charge in [0, 0.05) is 17.3 Å². The van der Waals surface area contributed by atoms with Crippen LogP contribution in [0, 0.1) is 5.92 Å². The Morgan fingerprint density at radius 2 is 1.88 bits per heavy atom. The van der Waals surface area contributed by atoms with Gasteiger partial charge in [0.15, 0.2) is 0 Å². The maximum Gasteiger partial charge on any atom is 0.251 e. The van der Waals surface area contributed by atoms with Gasteiger partial charge in [-0.25, -0.2) is 0 Å². The summed E-state index contributed by atoms with van der Waals surface area (Å²) in [7, 11) is 0. The first-order valence-electron chi connectivity index (χ1n) is 9.04. The molecule has 0 saturated heterocycles. The van der Waals surface area contributed by atoms with Crippen LogP contribution in [-0.4, -0.2) is 29.6 Å². The number of benzene rings is 1. The molecule has 0 spiro atoms. The summed E-state index contributed by atoms with van der Waals surface area (Å²) in [6.45, 7) is 4.07. The van der Waals surface area contributed by atoms with E-state index >= 15 is 0 Å². The van der Waals surface area contributed by atoms with Gasteiger partial charge in [-0.2, -0.15) is 0 Å². The number of hydrogen-bond acceptors (Lipinski definition) is 3. The minimum Gasteiger partial charge on any atom is -0.394 e. The number of nitrogens with one attached hydrogen (secondary N) is 2. The van der Waals surface area contributed by atoms with Crippen LogP contribution < -0.4 is 10.6 Å². The van der Waals surface area contributed by atoms with Crippen LogP contribution in [0.3, 0.4) is 0 Å². The second-order valence-electron chi connectivity index (χ2n) is 6.81. The van der Waals surface area contributed by atoms with Gasteiger partial charge in [0.25, 0.3) is 5.91 Å². The minimum absolute atomic E-state index is 0.0795. The van der Waals surface area contributed by atoms with Gasteiger partial charge in [-0.05, 0) is 62.3 Å². The summed E-state index contributed by atoms with van der Waals surface area (Å²) in [5, 5.41) is 14.8. The molecule has 0 radical (unpaired) electrons. The van der Waals surface area contributed by atoms with Crippen molar-refractivity contribution in [2.45, 2.75) is 52.0 Å². The molecule has 0 heterocycles. The molecule has 2 rings (SSSR count). The molecule has 136 valence electrons. The SMILES string of the molecule is CCC(CO)NC(=O)c1ccc(NC(=O)C=C2CCC(C)CC2)cc1. The van der Waals surface area contributed by atoms with Crippen LogP contribution in [0.5, 0.6) is 0 Å². The number of hydrogen-bond donors (Lipinski definition) is 3. The number of allylic oxidation sites excluding steroid dienone is 1. The van der Waals surface area contributed by atoms with Crippen LogP contribution in [0.15, 0.2) is 35.9 Å². The summed E-state index contributed by atoms with van der Waals surface area (Å²) in [6.07, 6.45) is 6.67. The monoisotopic (exact) mass is 344 g/mol. The Hall–Kier alpha value is -2.14. The highest BCUT2D eigenvalue weighted by Crippen LogP contribution is 2.27. The first-order valence-corrected chi connectivity index (χ1v) is 9.04. The van der Waals surface area contributed by atoms with E-state index < -0.39 is 0 Å². The molecular weight excluding hydrogens is 316 g/mol. The molecular formula is C20H28N2O3. The second-order valence-corrected chi connectivity index (χ2v) is 6.81. The summed E-state index contributed by atoms with van der Waals surface area (Å²) in [5.41, 5.74) is 2.38.